The van der Waals surface area contributed by atoms with Gasteiger partial charge >= 0.3 is 0 Å². The molecule has 0 spiro atoms. The predicted octanol–water partition coefficient (Wildman–Crippen LogP) is 6.51. The molecule has 1 N–H and O–H groups in total. The second kappa shape index (κ2) is 10.4. The van der Waals surface area contributed by atoms with Crippen molar-refractivity contribution in [2.75, 3.05) is 4.90 Å². The number of anilines is 1. The van der Waals surface area contributed by atoms with E-state index in [-0.39, 0.29) is 5.57 Å². The van der Waals surface area contributed by atoms with Gasteiger partial charge in [0.1, 0.15) is 17.8 Å². The molecule has 4 aromatic carbocycles. The molecule has 0 bridgehead atoms. The molecule has 6 rings (SSSR count). The van der Waals surface area contributed by atoms with E-state index in [4.69, 9.17) is 5.10 Å². The molecule has 7 heteroatoms. The molecule has 0 saturated carbocycles. The van der Waals surface area contributed by atoms with Gasteiger partial charge in [0.05, 0.1) is 22.1 Å². The van der Waals surface area contributed by atoms with Crippen LogP contribution >= 0.6 is 12.6 Å². The molecule has 5 aromatic rings. The van der Waals surface area contributed by atoms with Gasteiger partial charge in [-0.2, -0.15) is 10.4 Å². The van der Waals surface area contributed by atoms with Crippen molar-refractivity contribution in [2.45, 2.75) is 6.17 Å². The van der Waals surface area contributed by atoms with Gasteiger partial charge in [-0.15, -0.1) is 12.6 Å². The molecular formula is C32H23N5OS. The Morgan fingerprint density at radius 2 is 1.36 bits per heavy atom. The Kier molecular flexibility index (Phi) is 6.45. The van der Waals surface area contributed by atoms with Gasteiger partial charge in [0.25, 0.3) is 5.91 Å². The number of benzene rings is 4. The predicted molar refractivity (Wildman–Crippen MR) is 156 cm³/mol. The molecule has 6 nitrogen and oxygen atoms in total. The molecule has 188 valence electrons. The summed E-state index contributed by atoms with van der Waals surface area (Å²) in [4.78, 5) is 14.6. The molecule has 1 atom stereocenters. The summed E-state index contributed by atoms with van der Waals surface area (Å²) >= 11 is 4.59. The minimum atomic E-state index is -0.537. The van der Waals surface area contributed by atoms with Crippen LogP contribution in [-0.2, 0) is 4.79 Å². The third-order valence-electron chi connectivity index (χ3n) is 6.65. The van der Waals surface area contributed by atoms with Crippen LogP contribution in [0.4, 0.5) is 5.69 Å². The van der Waals surface area contributed by atoms with E-state index in [0.29, 0.717) is 5.03 Å². The quantitative estimate of drug-likeness (QED) is 0.257. The minimum Gasteiger partial charge on any atom is -0.327 e. The van der Waals surface area contributed by atoms with Gasteiger partial charge in [-0.1, -0.05) is 91.0 Å². The number of amides is 1. The zero-order valence-corrected chi connectivity index (χ0v) is 21.7. The summed E-state index contributed by atoms with van der Waals surface area (Å²) in [6, 6.07) is 41.8. The molecule has 0 radical (unpaired) electrons. The van der Waals surface area contributed by atoms with Crippen LogP contribution in [0.2, 0.25) is 0 Å². The second-order valence-electron chi connectivity index (χ2n) is 9.04. The molecule has 1 aromatic heterocycles. The van der Waals surface area contributed by atoms with Crippen LogP contribution in [0, 0.1) is 11.3 Å². The van der Waals surface area contributed by atoms with E-state index in [2.05, 4.69) is 36.1 Å². The maximum absolute atomic E-state index is 12.7. The smallest absolute Gasteiger partial charge is 0.266 e. The molecule has 0 fully saturated rings. The molecule has 39 heavy (non-hydrogen) atoms. The number of para-hydroxylation sites is 1. The highest BCUT2D eigenvalue weighted by molar-refractivity contribution is 7.84. The summed E-state index contributed by atoms with van der Waals surface area (Å²) in [6.45, 7) is 0. The van der Waals surface area contributed by atoms with Crippen LogP contribution in [0.1, 0.15) is 11.7 Å². The summed E-state index contributed by atoms with van der Waals surface area (Å²) in [7, 11) is 0. The van der Waals surface area contributed by atoms with Gasteiger partial charge in [0.15, 0.2) is 0 Å². The van der Waals surface area contributed by atoms with E-state index < -0.39 is 12.1 Å². The summed E-state index contributed by atoms with van der Waals surface area (Å²) in [6.07, 6.45) is -0.537. The number of hydrogen-bond acceptors (Lipinski definition) is 5. The highest BCUT2D eigenvalue weighted by Gasteiger charge is 2.34. The van der Waals surface area contributed by atoms with E-state index in [1.165, 1.54) is 0 Å². The van der Waals surface area contributed by atoms with Crippen molar-refractivity contribution in [1.82, 2.24) is 15.1 Å². The van der Waals surface area contributed by atoms with E-state index >= 15 is 0 Å². The van der Waals surface area contributed by atoms with Gasteiger partial charge in [0.2, 0.25) is 0 Å². The first-order chi connectivity index (χ1) is 19.1. The summed E-state index contributed by atoms with van der Waals surface area (Å²) in [5.74, 6) is -0.449. The van der Waals surface area contributed by atoms with E-state index in [0.717, 1.165) is 39.5 Å². The van der Waals surface area contributed by atoms with E-state index in [9.17, 15) is 10.1 Å². The molecular weight excluding hydrogens is 502 g/mol. The highest BCUT2D eigenvalue weighted by atomic mass is 32.1. The van der Waals surface area contributed by atoms with Gasteiger partial charge in [-0.05, 0) is 35.9 Å². The van der Waals surface area contributed by atoms with Crippen LogP contribution < -0.4 is 10.2 Å². The Hall–Kier alpha value is -5.06. The lowest BCUT2D eigenvalue weighted by Crippen LogP contribution is -2.46. The Morgan fingerprint density at radius 1 is 0.769 bits per heavy atom. The number of hydrogen-bond donors (Lipinski definition) is 2. The topological polar surface area (TPSA) is 74.0 Å². The van der Waals surface area contributed by atoms with Gasteiger partial charge in [-0.3, -0.25) is 4.79 Å². The highest BCUT2D eigenvalue weighted by Crippen LogP contribution is 2.36. The molecule has 2 heterocycles. The lowest BCUT2D eigenvalue weighted by molar-refractivity contribution is -0.118. The SMILES string of the molecule is N#CC1=C(S)N(c2ccccc2)C(c2ccc(-n3nc(-c4ccccc4)cc3-c3ccccc3)cc2)NC1=O. The number of carbonyl (C=O) groups excluding carboxylic acids is 1. The Morgan fingerprint density at radius 3 is 1.97 bits per heavy atom. The summed E-state index contributed by atoms with van der Waals surface area (Å²) < 4.78 is 1.94. The lowest BCUT2D eigenvalue weighted by atomic mass is 10.1. The summed E-state index contributed by atoms with van der Waals surface area (Å²) in [5, 5.41) is 17.8. The average Bonchev–Trinajstić information content (AvgIpc) is 3.44. The normalized spacial score (nSPS) is 15.1. The molecule has 1 amide bonds. The fourth-order valence-corrected chi connectivity index (χ4v) is 5.12. The number of nitriles is 1. The van der Waals surface area contributed by atoms with Crippen LogP contribution in [0.3, 0.4) is 0 Å². The zero-order valence-electron chi connectivity index (χ0n) is 20.8. The van der Waals surface area contributed by atoms with Gasteiger partial charge in [0, 0.05) is 16.8 Å². The standard InChI is InChI=1S/C32H23N5OS/c33-21-27-31(38)34-30(36(32(27)39)25-14-8-3-9-15-25)24-16-18-26(19-17-24)37-29(23-12-6-2-7-13-23)20-28(35-37)22-10-4-1-5-11-22/h1-20,30,39H,(H,34,38). The first kappa shape index (κ1) is 24.3. The summed E-state index contributed by atoms with van der Waals surface area (Å²) in [5.41, 5.74) is 6.46. The zero-order chi connectivity index (χ0) is 26.8. The number of thiol groups is 1. The average molecular weight is 526 g/mol. The van der Waals surface area contributed by atoms with Gasteiger partial charge < -0.3 is 10.2 Å². The van der Waals surface area contributed by atoms with E-state index in [1.807, 2.05) is 119 Å². The minimum absolute atomic E-state index is 0.0208. The van der Waals surface area contributed by atoms with Crippen LogP contribution in [0.25, 0.3) is 28.2 Å². The third-order valence-corrected chi connectivity index (χ3v) is 7.09. The molecule has 1 aliphatic rings. The Bertz CT molecular complexity index is 1710. The maximum atomic E-state index is 12.7. The van der Waals surface area contributed by atoms with E-state index in [1.54, 1.807) is 0 Å². The van der Waals surface area contributed by atoms with Crippen molar-refractivity contribution in [3.05, 3.63) is 137 Å². The number of carbonyl (C=O) groups is 1. The first-order valence-corrected chi connectivity index (χ1v) is 12.9. The fraction of sp³-hybridized carbons (Fsp3) is 0.0312. The third kappa shape index (κ3) is 4.58. The van der Waals surface area contributed by atoms with Crippen molar-refractivity contribution < 1.29 is 4.79 Å². The van der Waals surface area contributed by atoms with Crippen molar-refractivity contribution >= 4 is 24.2 Å². The van der Waals surface area contributed by atoms with Crippen molar-refractivity contribution in [1.29, 1.82) is 5.26 Å². The van der Waals surface area contributed by atoms with Gasteiger partial charge in [-0.25, -0.2) is 4.68 Å². The molecule has 0 saturated heterocycles. The number of nitrogens with zero attached hydrogens (tertiary/aromatic N) is 4. The van der Waals surface area contributed by atoms with Crippen LogP contribution in [-0.4, -0.2) is 15.7 Å². The largest absolute Gasteiger partial charge is 0.327 e. The van der Waals surface area contributed by atoms with Crippen LogP contribution in [0.5, 0.6) is 0 Å². The number of aromatic nitrogens is 2. The Balaban J connectivity index is 1.42. The monoisotopic (exact) mass is 525 g/mol. The molecule has 0 aliphatic carbocycles. The number of rotatable bonds is 5. The molecule has 1 aliphatic heterocycles. The molecule has 1 unspecified atom stereocenters. The van der Waals surface area contributed by atoms with Crippen molar-refractivity contribution in [3.63, 3.8) is 0 Å². The number of nitrogens with one attached hydrogen (secondary N) is 1. The second-order valence-corrected chi connectivity index (χ2v) is 9.47. The fourth-order valence-electron chi connectivity index (χ4n) is 4.74. The van der Waals surface area contributed by atoms with Crippen molar-refractivity contribution in [3.8, 4) is 34.3 Å². The first-order valence-electron chi connectivity index (χ1n) is 12.4. The maximum Gasteiger partial charge on any atom is 0.266 e. The Labute approximate surface area is 231 Å². The van der Waals surface area contributed by atoms with Crippen LogP contribution in [0.15, 0.2) is 132 Å². The van der Waals surface area contributed by atoms with Crippen molar-refractivity contribution in [2.24, 2.45) is 0 Å². The lowest BCUT2D eigenvalue weighted by Gasteiger charge is -2.38.